The Hall–Kier alpha value is -3.40. The number of carbonyl (C=O) groups excluding carboxylic acids is 2. The summed E-state index contributed by atoms with van der Waals surface area (Å²) < 4.78 is 0. The van der Waals surface area contributed by atoms with Crippen molar-refractivity contribution in [3.05, 3.63) is 96.1 Å². The Labute approximate surface area is 177 Å². The molecule has 1 unspecified atom stereocenters. The molecule has 0 bridgehead atoms. The lowest BCUT2D eigenvalue weighted by Gasteiger charge is -2.25. The van der Waals surface area contributed by atoms with Crippen LogP contribution in [0.25, 0.3) is 11.1 Å². The monoisotopic (exact) mass is 398 g/mol. The van der Waals surface area contributed by atoms with Gasteiger partial charge in [0.1, 0.15) is 0 Å². The number of hydrogen-bond acceptors (Lipinski definition) is 2. The van der Waals surface area contributed by atoms with Gasteiger partial charge in [-0.15, -0.1) is 0 Å². The second kappa shape index (κ2) is 9.40. The molecule has 0 saturated carbocycles. The fourth-order valence-corrected chi connectivity index (χ4v) is 4.07. The summed E-state index contributed by atoms with van der Waals surface area (Å²) in [6, 6.07) is 28.0. The van der Waals surface area contributed by atoms with E-state index in [1.54, 1.807) is 12.1 Å². The minimum Gasteiger partial charge on any atom is -0.343 e. The number of hydrogen-bond donors (Lipinski definition) is 1. The average molecular weight is 399 g/mol. The smallest absolute Gasteiger partial charge is 0.251 e. The van der Waals surface area contributed by atoms with Gasteiger partial charge in [-0.3, -0.25) is 9.59 Å². The average Bonchev–Trinajstić information content (AvgIpc) is 3.27. The van der Waals surface area contributed by atoms with Crippen LogP contribution in [0.3, 0.4) is 0 Å². The van der Waals surface area contributed by atoms with Crippen LogP contribution in [0.4, 0.5) is 0 Å². The van der Waals surface area contributed by atoms with Crippen LogP contribution in [-0.4, -0.2) is 35.8 Å². The van der Waals surface area contributed by atoms with Gasteiger partial charge in [-0.2, -0.15) is 0 Å². The summed E-state index contributed by atoms with van der Waals surface area (Å²) in [5.41, 5.74) is 3.97. The molecule has 152 valence electrons. The summed E-state index contributed by atoms with van der Waals surface area (Å²) in [5, 5.41) is 2.79. The molecule has 0 radical (unpaired) electrons. The van der Waals surface area contributed by atoms with E-state index in [1.165, 1.54) is 5.56 Å². The van der Waals surface area contributed by atoms with Gasteiger partial charge < -0.3 is 10.2 Å². The molecule has 4 heteroatoms. The first-order chi connectivity index (χ1) is 14.7. The summed E-state index contributed by atoms with van der Waals surface area (Å²) in [7, 11) is 0. The molecule has 2 amide bonds. The second-order valence-electron chi connectivity index (χ2n) is 7.70. The van der Waals surface area contributed by atoms with Crippen molar-refractivity contribution in [1.29, 1.82) is 0 Å². The Bertz CT molecular complexity index is 985. The van der Waals surface area contributed by atoms with Crippen molar-refractivity contribution in [3.8, 4) is 11.1 Å². The van der Waals surface area contributed by atoms with Crippen LogP contribution in [0, 0.1) is 0 Å². The largest absolute Gasteiger partial charge is 0.343 e. The molecule has 1 aliphatic heterocycles. The van der Waals surface area contributed by atoms with Crippen LogP contribution in [0.2, 0.25) is 0 Å². The third kappa shape index (κ3) is 4.77. The van der Waals surface area contributed by atoms with E-state index in [9.17, 15) is 9.59 Å². The highest BCUT2D eigenvalue weighted by atomic mass is 16.2. The predicted molar refractivity (Wildman–Crippen MR) is 119 cm³/mol. The summed E-state index contributed by atoms with van der Waals surface area (Å²) in [6.45, 7) is 0.794. The summed E-state index contributed by atoms with van der Waals surface area (Å²) in [5.74, 6) is -0.232. The van der Waals surface area contributed by atoms with Crippen molar-refractivity contribution >= 4 is 11.8 Å². The van der Waals surface area contributed by atoms with Crippen molar-refractivity contribution in [3.63, 3.8) is 0 Å². The minimum atomic E-state index is -0.221. The van der Waals surface area contributed by atoms with E-state index in [0.717, 1.165) is 36.9 Å². The number of rotatable bonds is 6. The highest BCUT2D eigenvalue weighted by molar-refractivity contribution is 5.96. The van der Waals surface area contributed by atoms with Crippen LogP contribution < -0.4 is 5.32 Å². The Morgan fingerprint density at radius 1 is 0.833 bits per heavy atom. The first-order valence-electron chi connectivity index (χ1n) is 10.5. The zero-order chi connectivity index (χ0) is 20.8. The number of nitrogens with zero attached hydrogens (tertiary/aromatic N) is 1. The molecule has 1 saturated heterocycles. The lowest BCUT2D eigenvalue weighted by Crippen LogP contribution is -2.43. The summed E-state index contributed by atoms with van der Waals surface area (Å²) in [4.78, 5) is 27.2. The molecule has 3 aromatic rings. The Morgan fingerprint density at radius 3 is 2.17 bits per heavy atom. The molecule has 0 spiro atoms. The molecule has 4 rings (SSSR count). The Kier molecular flexibility index (Phi) is 6.23. The normalized spacial score (nSPS) is 15.7. The molecular formula is C26H26N2O2. The fraction of sp³-hybridized carbons (Fsp3) is 0.231. The number of nitrogens with one attached hydrogen (secondary N) is 1. The summed E-state index contributed by atoms with van der Waals surface area (Å²) in [6.07, 6.45) is 2.88. The number of benzene rings is 3. The molecule has 3 aromatic carbocycles. The van der Waals surface area contributed by atoms with E-state index < -0.39 is 0 Å². The van der Waals surface area contributed by atoms with Gasteiger partial charge >= 0.3 is 0 Å². The van der Waals surface area contributed by atoms with E-state index in [-0.39, 0.29) is 24.4 Å². The number of carbonyl (C=O) groups is 2. The zero-order valence-electron chi connectivity index (χ0n) is 17.0. The van der Waals surface area contributed by atoms with Crippen LogP contribution >= 0.6 is 0 Å². The third-order valence-electron chi connectivity index (χ3n) is 5.67. The van der Waals surface area contributed by atoms with Gasteiger partial charge in [-0.25, -0.2) is 0 Å². The van der Waals surface area contributed by atoms with Gasteiger partial charge in [0.25, 0.3) is 5.91 Å². The first kappa shape index (κ1) is 19.9. The predicted octanol–water partition coefficient (Wildman–Crippen LogP) is 4.32. The lowest BCUT2D eigenvalue weighted by atomic mass is 10.0. The number of amides is 2. The van der Waals surface area contributed by atoms with Gasteiger partial charge in [-0.1, -0.05) is 72.8 Å². The molecule has 1 N–H and O–H groups in total. The molecule has 1 fully saturated rings. The molecule has 30 heavy (non-hydrogen) atoms. The minimum absolute atomic E-state index is 0.0114. The third-order valence-corrected chi connectivity index (χ3v) is 5.67. The molecule has 4 nitrogen and oxygen atoms in total. The maximum atomic E-state index is 12.7. The SMILES string of the molecule is O=C(NCC(=O)N1CCCC1Cc1ccccc1)c1ccc(-c2ccccc2)cc1. The maximum Gasteiger partial charge on any atom is 0.251 e. The van der Waals surface area contributed by atoms with Crippen molar-refractivity contribution in [1.82, 2.24) is 10.2 Å². The van der Waals surface area contributed by atoms with Gasteiger partial charge in [0.05, 0.1) is 6.54 Å². The standard InChI is InChI=1S/C26H26N2O2/c29-25(28-17-7-12-24(28)18-20-8-3-1-4-9-20)19-27-26(30)23-15-13-22(14-16-23)21-10-5-2-6-11-21/h1-6,8-11,13-16,24H,7,12,17-19H2,(H,27,30). The second-order valence-corrected chi connectivity index (χ2v) is 7.70. The van der Waals surface area contributed by atoms with Crippen LogP contribution in [0.5, 0.6) is 0 Å². The van der Waals surface area contributed by atoms with E-state index in [0.29, 0.717) is 5.56 Å². The van der Waals surface area contributed by atoms with E-state index in [4.69, 9.17) is 0 Å². The van der Waals surface area contributed by atoms with E-state index >= 15 is 0 Å². The van der Waals surface area contributed by atoms with Crippen molar-refractivity contribution in [2.75, 3.05) is 13.1 Å². The molecular weight excluding hydrogens is 372 g/mol. The quantitative estimate of drug-likeness (QED) is 0.672. The van der Waals surface area contributed by atoms with Gasteiger partial charge in [0.2, 0.25) is 5.91 Å². The maximum absolute atomic E-state index is 12.7. The van der Waals surface area contributed by atoms with Gasteiger partial charge in [0, 0.05) is 18.2 Å². The van der Waals surface area contributed by atoms with E-state index in [1.807, 2.05) is 65.6 Å². The van der Waals surface area contributed by atoms with Gasteiger partial charge in [0.15, 0.2) is 0 Å². The highest BCUT2D eigenvalue weighted by Crippen LogP contribution is 2.21. The molecule has 1 atom stereocenters. The Morgan fingerprint density at radius 2 is 1.47 bits per heavy atom. The van der Waals surface area contributed by atoms with Crippen molar-refractivity contribution in [2.24, 2.45) is 0 Å². The topological polar surface area (TPSA) is 49.4 Å². The van der Waals surface area contributed by atoms with Crippen LogP contribution in [0.15, 0.2) is 84.9 Å². The van der Waals surface area contributed by atoms with Crippen molar-refractivity contribution in [2.45, 2.75) is 25.3 Å². The molecule has 0 aliphatic carbocycles. The van der Waals surface area contributed by atoms with Crippen molar-refractivity contribution < 1.29 is 9.59 Å². The summed E-state index contributed by atoms with van der Waals surface area (Å²) >= 11 is 0. The van der Waals surface area contributed by atoms with E-state index in [2.05, 4.69) is 17.4 Å². The molecule has 0 aromatic heterocycles. The molecule has 1 heterocycles. The molecule has 1 aliphatic rings. The zero-order valence-corrected chi connectivity index (χ0v) is 17.0. The first-order valence-corrected chi connectivity index (χ1v) is 10.5. The fourth-order valence-electron chi connectivity index (χ4n) is 4.07. The van der Waals surface area contributed by atoms with Gasteiger partial charge in [-0.05, 0) is 48.1 Å². The Balaban J connectivity index is 1.32. The van der Waals surface area contributed by atoms with Crippen LogP contribution in [-0.2, 0) is 11.2 Å². The highest BCUT2D eigenvalue weighted by Gasteiger charge is 2.28. The van der Waals surface area contributed by atoms with Crippen LogP contribution in [0.1, 0.15) is 28.8 Å². The lowest BCUT2D eigenvalue weighted by molar-refractivity contribution is -0.130. The number of likely N-dealkylation sites (tertiary alicyclic amines) is 1.